The van der Waals surface area contributed by atoms with Gasteiger partial charge < -0.3 is 0 Å². The molecule has 1 aliphatic carbocycles. The molecule has 1 aliphatic heterocycles. The second-order valence-corrected chi connectivity index (χ2v) is 7.93. The standard InChI is InChI=1S/C21H32N6/c1-2-20(26-16-14-25(15-17-26)19-10-6-7-11-19)21-22-23-24-27(21)13-12-18-8-4-3-5-9-18/h3-5,8-9,19-20H,2,6-7,10-17H2,1H3. The molecular formula is C21H32N6. The Morgan fingerprint density at radius 2 is 1.78 bits per heavy atom. The molecular weight excluding hydrogens is 336 g/mol. The highest BCUT2D eigenvalue weighted by Gasteiger charge is 2.31. The van der Waals surface area contributed by atoms with Crippen molar-refractivity contribution >= 4 is 0 Å². The van der Waals surface area contributed by atoms with Crippen LogP contribution in [-0.2, 0) is 13.0 Å². The third-order valence-corrected chi connectivity index (χ3v) is 6.33. The third kappa shape index (κ3) is 4.38. The van der Waals surface area contributed by atoms with E-state index in [0.717, 1.165) is 44.3 Å². The topological polar surface area (TPSA) is 50.1 Å². The Morgan fingerprint density at radius 1 is 1.04 bits per heavy atom. The van der Waals surface area contributed by atoms with E-state index in [4.69, 9.17) is 0 Å². The first-order valence-corrected chi connectivity index (χ1v) is 10.6. The summed E-state index contributed by atoms with van der Waals surface area (Å²) in [6.45, 7) is 7.72. The van der Waals surface area contributed by atoms with E-state index in [1.54, 1.807) is 0 Å². The van der Waals surface area contributed by atoms with Crippen molar-refractivity contribution in [3.05, 3.63) is 41.7 Å². The fourth-order valence-corrected chi connectivity index (χ4v) is 4.78. The van der Waals surface area contributed by atoms with E-state index in [9.17, 15) is 0 Å². The minimum atomic E-state index is 0.321. The number of piperazine rings is 1. The first-order chi connectivity index (χ1) is 13.3. The van der Waals surface area contributed by atoms with Crippen LogP contribution in [-0.4, -0.2) is 62.2 Å². The summed E-state index contributed by atoms with van der Waals surface area (Å²) >= 11 is 0. The van der Waals surface area contributed by atoms with Crippen molar-refractivity contribution in [2.24, 2.45) is 0 Å². The summed E-state index contributed by atoms with van der Waals surface area (Å²) in [6.07, 6.45) is 7.64. The van der Waals surface area contributed by atoms with Crippen LogP contribution in [0.1, 0.15) is 56.5 Å². The Hall–Kier alpha value is -1.79. The lowest BCUT2D eigenvalue weighted by molar-refractivity contribution is 0.0644. The number of nitrogens with zero attached hydrogens (tertiary/aromatic N) is 6. The van der Waals surface area contributed by atoms with Gasteiger partial charge in [0.1, 0.15) is 0 Å². The molecule has 1 atom stereocenters. The van der Waals surface area contributed by atoms with Gasteiger partial charge in [-0.2, -0.15) is 0 Å². The Bertz CT molecular complexity index is 686. The molecule has 0 bridgehead atoms. The molecule has 2 fully saturated rings. The molecule has 1 saturated heterocycles. The molecule has 0 amide bonds. The minimum absolute atomic E-state index is 0.321. The third-order valence-electron chi connectivity index (χ3n) is 6.33. The van der Waals surface area contributed by atoms with Gasteiger partial charge in [-0.1, -0.05) is 50.1 Å². The highest BCUT2D eigenvalue weighted by atomic mass is 15.5. The van der Waals surface area contributed by atoms with Gasteiger partial charge in [0.2, 0.25) is 0 Å². The zero-order valence-corrected chi connectivity index (χ0v) is 16.5. The summed E-state index contributed by atoms with van der Waals surface area (Å²) in [4.78, 5) is 5.31. The number of benzene rings is 1. The van der Waals surface area contributed by atoms with Crippen LogP contribution >= 0.6 is 0 Å². The molecule has 1 aromatic heterocycles. The van der Waals surface area contributed by atoms with Crippen molar-refractivity contribution in [3.8, 4) is 0 Å². The van der Waals surface area contributed by atoms with Crippen LogP contribution in [0.15, 0.2) is 30.3 Å². The Labute approximate surface area is 162 Å². The van der Waals surface area contributed by atoms with Crippen LogP contribution in [0.5, 0.6) is 0 Å². The average molecular weight is 369 g/mol. The Kier molecular flexibility index (Phi) is 6.14. The maximum absolute atomic E-state index is 4.42. The number of rotatable bonds is 7. The quantitative estimate of drug-likeness (QED) is 0.752. The van der Waals surface area contributed by atoms with Crippen LogP contribution in [0.25, 0.3) is 0 Å². The van der Waals surface area contributed by atoms with Crippen LogP contribution in [0, 0.1) is 0 Å². The highest BCUT2D eigenvalue weighted by Crippen LogP contribution is 2.28. The molecule has 0 radical (unpaired) electrons. The van der Waals surface area contributed by atoms with Gasteiger partial charge in [0.05, 0.1) is 6.04 Å². The van der Waals surface area contributed by atoms with E-state index < -0.39 is 0 Å². The van der Waals surface area contributed by atoms with Crippen molar-refractivity contribution in [1.82, 2.24) is 30.0 Å². The van der Waals surface area contributed by atoms with Crippen molar-refractivity contribution in [1.29, 1.82) is 0 Å². The first-order valence-electron chi connectivity index (χ1n) is 10.6. The van der Waals surface area contributed by atoms with Crippen LogP contribution in [0.3, 0.4) is 0 Å². The summed E-state index contributed by atoms with van der Waals surface area (Å²) in [6, 6.07) is 11.7. The van der Waals surface area contributed by atoms with Gasteiger partial charge in [0.15, 0.2) is 5.82 Å². The fourth-order valence-electron chi connectivity index (χ4n) is 4.78. The normalized spacial score (nSPS) is 20.9. The van der Waals surface area contributed by atoms with Gasteiger partial charge in [-0.25, -0.2) is 4.68 Å². The van der Waals surface area contributed by atoms with Gasteiger partial charge in [0.25, 0.3) is 0 Å². The predicted octanol–water partition coefficient (Wildman–Crippen LogP) is 2.93. The smallest absolute Gasteiger partial charge is 0.168 e. The van der Waals surface area contributed by atoms with Gasteiger partial charge in [0, 0.05) is 38.8 Å². The molecule has 27 heavy (non-hydrogen) atoms. The molecule has 2 aromatic rings. The number of hydrogen-bond donors (Lipinski definition) is 0. The average Bonchev–Trinajstić information content (AvgIpc) is 3.41. The van der Waals surface area contributed by atoms with E-state index in [-0.39, 0.29) is 0 Å². The molecule has 0 spiro atoms. The molecule has 6 heteroatoms. The molecule has 1 saturated carbocycles. The maximum Gasteiger partial charge on any atom is 0.168 e. The molecule has 2 aliphatic rings. The molecule has 0 N–H and O–H groups in total. The maximum atomic E-state index is 4.42. The van der Waals surface area contributed by atoms with Crippen molar-refractivity contribution < 1.29 is 0 Å². The summed E-state index contributed by atoms with van der Waals surface area (Å²) in [7, 11) is 0. The molecule has 146 valence electrons. The van der Waals surface area contributed by atoms with Gasteiger partial charge in [-0.15, -0.1) is 5.10 Å². The number of tetrazole rings is 1. The van der Waals surface area contributed by atoms with Gasteiger partial charge in [-0.3, -0.25) is 9.80 Å². The molecule has 4 rings (SSSR count). The van der Waals surface area contributed by atoms with E-state index in [0.29, 0.717) is 6.04 Å². The number of hydrogen-bond acceptors (Lipinski definition) is 5. The summed E-state index contributed by atoms with van der Waals surface area (Å²) in [5.74, 6) is 1.03. The Balaban J connectivity index is 1.37. The molecule has 1 unspecified atom stereocenters. The molecule has 2 heterocycles. The summed E-state index contributed by atoms with van der Waals surface area (Å²) < 4.78 is 2.02. The number of aryl methyl sites for hydroxylation is 2. The van der Waals surface area contributed by atoms with Crippen molar-refractivity contribution in [2.75, 3.05) is 26.2 Å². The Morgan fingerprint density at radius 3 is 2.48 bits per heavy atom. The molecule has 1 aromatic carbocycles. The summed E-state index contributed by atoms with van der Waals surface area (Å²) in [5.41, 5.74) is 1.33. The van der Waals surface area contributed by atoms with E-state index in [2.05, 4.69) is 62.6 Å². The lowest BCUT2D eigenvalue weighted by atomic mass is 10.1. The number of aromatic nitrogens is 4. The fraction of sp³-hybridized carbons (Fsp3) is 0.667. The van der Waals surface area contributed by atoms with Crippen molar-refractivity contribution in [2.45, 2.75) is 64.1 Å². The lowest BCUT2D eigenvalue weighted by Gasteiger charge is -2.40. The monoisotopic (exact) mass is 368 g/mol. The lowest BCUT2D eigenvalue weighted by Crippen LogP contribution is -2.50. The van der Waals surface area contributed by atoms with Gasteiger partial charge in [-0.05, 0) is 41.7 Å². The first kappa shape index (κ1) is 18.6. The largest absolute Gasteiger partial charge is 0.298 e. The van der Waals surface area contributed by atoms with Crippen LogP contribution in [0.2, 0.25) is 0 Å². The SMILES string of the molecule is CCC(c1nnnn1CCc1ccccc1)N1CCN(C2CCCC2)CC1. The van der Waals surface area contributed by atoms with Crippen LogP contribution in [0.4, 0.5) is 0 Å². The van der Waals surface area contributed by atoms with E-state index in [1.165, 1.54) is 44.3 Å². The van der Waals surface area contributed by atoms with E-state index >= 15 is 0 Å². The van der Waals surface area contributed by atoms with Crippen LogP contribution < -0.4 is 0 Å². The highest BCUT2D eigenvalue weighted by molar-refractivity contribution is 5.14. The second kappa shape index (κ2) is 8.93. The predicted molar refractivity (Wildman–Crippen MR) is 106 cm³/mol. The second-order valence-electron chi connectivity index (χ2n) is 7.93. The minimum Gasteiger partial charge on any atom is -0.298 e. The summed E-state index contributed by atoms with van der Waals surface area (Å²) in [5, 5.41) is 12.7. The zero-order chi connectivity index (χ0) is 18.5. The molecule has 6 nitrogen and oxygen atoms in total. The zero-order valence-electron chi connectivity index (χ0n) is 16.5. The van der Waals surface area contributed by atoms with Crippen molar-refractivity contribution in [3.63, 3.8) is 0 Å². The van der Waals surface area contributed by atoms with E-state index in [1.807, 2.05) is 4.68 Å². The van der Waals surface area contributed by atoms with Gasteiger partial charge >= 0.3 is 0 Å².